The standard InChI is InChI=1S/C15H14FNO2/c1-19-15(18)8-5-11-10-12(16)6-7-13(11)14-4-2-3-9-17-14/h2-4,6-7,9-10H,5,8H2,1H3. The molecular formula is C15H14FNO2. The summed E-state index contributed by atoms with van der Waals surface area (Å²) in [5.41, 5.74) is 2.36. The third-order valence-electron chi connectivity index (χ3n) is 2.83. The number of hydrogen-bond acceptors (Lipinski definition) is 3. The largest absolute Gasteiger partial charge is 0.469 e. The number of benzene rings is 1. The van der Waals surface area contributed by atoms with Crippen molar-refractivity contribution < 1.29 is 13.9 Å². The van der Waals surface area contributed by atoms with Crippen molar-refractivity contribution >= 4 is 5.97 Å². The molecular weight excluding hydrogens is 245 g/mol. The number of halogens is 1. The third-order valence-corrected chi connectivity index (χ3v) is 2.83. The van der Waals surface area contributed by atoms with Gasteiger partial charge in [-0.2, -0.15) is 0 Å². The van der Waals surface area contributed by atoms with Crippen LogP contribution in [0.15, 0.2) is 42.6 Å². The quantitative estimate of drug-likeness (QED) is 0.792. The number of nitrogens with zero attached hydrogens (tertiary/aromatic N) is 1. The second-order valence-electron chi connectivity index (χ2n) is 4.09. The van der Waals surface area contributed by atoms with Crippen LogP contribution in [0.4, 0.5) is 4.39 Å². The minimum atomic E-state index is -0.320. The van der Waals surface area contributed by atoms with Gasteiger partial charge in [0.05, 0.1) is 12.8 Å². The molecule has 0 amide bonds. The molecule has 98 valence electrons. The van der Waals surface area contributed by atoms with Gasteiger partial charge in [0.15, 0.2) is 0 Å². The molecule has 0 aliphatic rings. The molecule has 0 saturated carbocycles. The van der Waals surface area contributed by atoms with Crippen LogP contribution in [0.2, 0.25) is 0 Å². The summed E-state index contributed by atoms with van der Waals surface area (Å²) in [6.45, 7) is 0. The van der Waals surface area contributed by atoms with E-state index in [1.54, 1.807) is 12.3 Å². The van der Waals surface area contributed by atoms with Gasteiger partial charge in [-0.1, -0.05) is 6.07 Å². The Bertz CT molecular complexity index is 570. The molecule has 1 heterocycles. The van der Waals surface area contributed by atoms with E-state index in [-0.39, 0.29) is 18.2 Å². The van der Waals surface area contributed by atoms with Gasteiger partial charge in [0.25, 0.3) is 0 Å². The predicted octanol–water partition coefficient (Wildman–Crippen LogP) is 2.99. The summed E-state index contributed by atoms with van der Waals surface area (Å²) in [7, 11) is 1.34. The number of esters is 1. The first-order valence-corrected chi connectivity index (χ1v) is 5.97. The maximum atomic E-state index is 13.3. The van der Waals surface area contributed by atoms with Crippen molar-refractivity contribution in [2.24, 2.45) is 0 Å². The van der Waals surface area contributed by atoms with Crippen LogP contribution in [0.25, 0.3) is 11.3 Å². The average Bonchev–Trinajstić information content (AvgIpc) is 2.45. The molecule has 0 aliphatic carbocycles. The number of rotatable bonds is 4. The van der Waals surface area contributed by atoms with Crippen LogP contribution < -0.4 is 0 Å². The predicted molar refractivity (Wildman–Crippen MR) is 70.0 cm³/mol. The summed E-state index contributed by atoms with van der Waals surface area (Å²) in [5, 5.41) is 0. The summed E-state index contributed by atoms with van der Waals surface area (Å²) in [6, 6.07) is 10.1. The second kappa shape index (κ2) is 6.09. The van der Waals surface area contributed by atoms with Crippen molar-refractivity contribution in [2.45, 2.75) is 12.8 Å². The summed E-state index contributed by atoms with van der Waals surface area (Å²) in [4.78, 5) is 15.4. The van der Waals surface area contributed by atoms with Gasteiger partial charge < -0.3 is 4.74 Å². The highest BCUT2D eigenvalue weighted by molar-refractivity contribution is 5.71. The van der Waals surface area contributed by atoms with E-state index >= 15 is 0 Å². The number of carbonyl (C=O) groups is 1. The van der Waals surface area contributed by atoms with Crippen LogP contribution in [0.5, 0.6) is 0 Å². The Morgan fingerprint density at radius 3 is 2.84 bits per heavy atom. The summed E-state index contributed by atoms with van der Waals surface area (Å²) in [6.07, 6.45) is 2.33. The van der Waals surface area contributed by atoms with Crippen molar-refractivity contribution in [3.63, 3.8) is 0 Å². The Morgan fingerprint density at radius 1 is 1.32 bits per heavy atom. The minimum Gasteiger partial charge on any atom is -0.469 e. The Balaban J connectivity index is 2.31. The Morgan fingerprint density at radius 2 is 2.16 bits per heavy atom. The highest BCUT2D eigenvalue weighted by Crippen LogP contribution is 2.23. The lowest BCUT2D eigenvalue weighted by molar-refractivity contribution is -0.140. The Kier molecular flexibility index (Phi) is 4.23. The molecule has 3 nitrogen and oxygen atoms in total. The molecule has 2 aromatic rings. The van der Waals surface area contributed by atoms with Crippen molar-refractivity contribution in [1.29, 1.82) is 0 Å². The van der Waals surface area contributed by atoms with Gasteiger partial charge in [-0.05, 0) is 42.3 Å². The minimum absolute atomic E-state index is 0.222. The van der Waals surface area contributed by atoms with E-state index in [0.717, 1.165) is 16.8 Å². The highest BCUT2D eigenvalue weighted by Gasteiger charge is 2.09. The molecule has 0 spiro atoms. The van der Waals surface area contributed by atoms with Gasteiger partial charge in [-0.25, -0.2) is 4.39 Å². The molecule has 19 heavy (non-hydrogen) atoms. The lowest BCUT2D eigenvalue weighted by atomic mass is 10.00. The van der Waals surface area contributed by atoms with E-state index in [1.165, 1.54) is 19.2 Å². The van der Waals surface area contributed by atoms with Crippen LogP contribution in [-0.2, 0) is 16.0 Å². The van der Waals surface area contributed by atoms with Crippen LogP contribution in [0.3, 0.4) is 0 Å². The lowest BCUT2D eigenvalue weighted by Crippen LogP contribution is -2.03. The molecule has 0 aliphatic heterocycles. The first kappa shape index (κ1) is 13.2. The van der Waals surface area contributed by atoms with Crippen LogP contribution >= 0.6 is 0 Å². The van der Waals surface area contributed by atoms with E-state index in [2.05, 4.69) is 9.72 Å². The highest BCUT2D eigenvalue weighted by atomic mass is 19.1. The van der Waals surface area contributed by atoms with Crippen molar-refractivity contribution in [1.82, 2.24) is 4.98 Å². The molecule has 0 radical (unpaired) electrons. The molecule has 1 aromatic carbocycles. The average molecular weight is 259 g/mol. The number of hydrogen-bond donors (Lipinski definition) is 0. The van der Waals surface area contributed by atoms with E-state index in [4.69, 9.17) is 0 Å². The van der Waals surface area contributed by atoms with Crippen molar-refractivity contribution in [2.75, 3.05) is 7.11 Å². The third kappa shape index (κ3) is 3.37. The number of aromatic nitrogens is 1. The van der Waals surface area contributed by atoms with Crippen molar-refractivity contribution in [3.8, 4) is 11.3 Å². The molecule has 0 unspecified atom stereocenters. The maximum Gasteiger partial charge on any atom is 0.305 e. The normalized spacial score (nSPS) is 10.2. The molecule has 0 atom stereocenters. The van der Waals surface area contributed by atoms with E-state index in [9.17, 15) is 9.18 Å². The van der Waals surface area contributed by atoms with Gasteiger partial charge in [-0.3, -0.25) is 9.78 Å². The first-order chi connectivity index (χ1) is 9.20. The zero-order valence-electron chi connectivity index (χ0n) is 10.6. The topological polar surface area (TPSA) is 39.2 Å². The number of carbonyl (C=O) groups excluding carboxylic acids is 1. The Hall–Kier alpha value is -2.23. The van der Waals surface area contributed by atoms with Gasteiger partial charge in [0, 0.05) is 18.2 Å². The molecule has 1 aromatic heterocycles. The SMILES string of the molecule is COC(=O)CCc1cc(F)ccc1-c1ccccn1. The maximum absolute atomic E-state index is 13.3. The van der Waals surface area contributed by atoms with Gasteiger partial charge in [-0.15, -0.1) is 0 Å². The van der Waals surface area contributed by atoms with Gasteiger partial charge in [0.2, 0.25) is 0 Å². The first-order valence-electron chi connectivity index (χ1n) is 5.97. The smallest absolute Gasteiger partial charge is 0.305 e. The number of pyridine rings is 1. The zero-order valence-corrected chi connectivity index (χ0v) is 10.6. The lowest BCUT2D eigenvalue weighted by Gasteiger charge is -2.08. The van der Waals surface area contributed by atoms with Crippen LogP contribution in [0.1, 0.15) is 12.0 Å². The summed E-state index contributed by atoms with van der Waals surface area (Å²) < 4.78 is 17.9. The number of ether oxygens (including phenoxy) is 1. The fraction of sp³-hybridized carbons (Fsp3) is 0.200. The number of methoxy groups -OCH3 is 1. The molecule has 0 N–H and O–H groups in total. The molecule has 0 saturated heterocycles. The summed E-state index contributed by atoms with van der Waals surface area (Å²) >= 11 is 0. The molecule has 0 bridgehead atoms. The van der Waals surface area contributed by atoms with E-state index < -0.39 is 0 Å². The summed E-state index contributed by atoms with van der Waals surface area (Å²) in [5.74, 6) is -0.629. The molecule has 4 heteroatoms. The fourth-order valence-corrected chi connectivity index (χ4v) is 1.88. The molecule has 2 rings (SSSR count). The monoisotopic (exact) mass is 259 g/mol. The second-order valence-corrected chi connectivity index (χ2v) is 4.09. The van der Waals surface area contributed by atoms with E-state index in [0.29, 0.717) is 6.42 Å². The van der Waals surface area contributed by atoms with E-state index in [1.807, 2.05) is 18.2 Å². The van der Waals surface area contributed by atoms with Crippen molar-refractivity contribution in [3.05, 3.63) is 54.0 Å². The van der Waals surface area contributed by atoms with Gasteiger partial charge >= 0.3 is 5.97 Å². The fourth-order valence-electron chi connectivity index (χ4n) is 1.88. The zero-order chi connectivity index (χ0) is 13.7. The van der Waals surface area contributed by atoms with Crippen LogP contribution in [-0.4, -0.2) is 18.1 Å². The van der Waals surface area contributed by atoms with Gasteiger partial charge in [0.1, 0.15) is 5.82 Å². The Labute approximate surface area is 111 Å². The number of aryl methyl sites for hydroxylation is 1. The molecule has 0 fully saturated rings. The van der Waals surface area contributed by atoms with Crippen LogP contribution in [0, 0.1) is 5.82 Å².